The third-order valence-electron chi connectivity index (χ3n) is 3.80. The standard InChI is InChI=1S/C19H22N2O3/c1-12-5-7-16(9-13(12)2)19(23)20-11-15-6-8-18(24-4)17(10-15)21-14(3)22/h5-10H,11H2,1-4H3,(H,20,23)(H,21,22). The van der Waals surface area contributed by atoms with E-state index < -0.39 is 0 Å². The highest BCUT2D eigenvalue weighted by Gasteiger charge is 2.09. The highest BCUT2D eigenvalue weighted by Crippen LogP contribution is 2.25. The fraction of sp³-hybridized carbons (Fsp3) is 0.263. The van der Waals surface area contributed by atoms with Crippen LogP contribution in [-0.4, -0.2) is 18.9 Å². The smallest absolute Gasteiger partial charge is 0.251 e. The second-order valence-electron chi connectivity index (χ2n) is 5.70. The number of anilines is 1. The Morgan fingerprint density at radius 1 is 1.04 bits per heavy atom. The van der Waals surface area contributed by atoms with Gasteiger partial charge in [0.15, 0.2) is 0 Å². The Balaban J connectivity index is 2.09. The van der Waals surface area contributed by atoms with E-state index in [1.807, 2.05) is 38.1 Å². The highest BCUT2D eigenvalue weighted by atomic mass is 16.5. The van der Waals surface area contributed by atoms with Gasteiger partial charge in [0.2, 0.25) is 5.91 Å². The monoisotopic (exact) mass is 326 g/mol. The number of ether oxygens (including phenoxy) is 1. The Morgan fingerprint density at radius 2 is 1.79 bits per heavy atom. The van der Waals surface area contributed by atoms with Gasteiger partial charge in [-0.15, -0.1) is 0 Å². The fourth-order valence-electron chi connectivity index (χ4n) is 2.32. The third kappa shape index (κ3) is 4.35. The molecule has 5 nitrogen and oxygen atoms in total. The van der Waals surface area contributed by atoms with E-state index in [1.54, 1.807) is 19.2 Å². The lowest BCUT2D eigenvalue weighted by Gasteiger charge is -2.12. The first-order valence-electron chi connectivity index (χ1n) is 7.70. The molecule has 0 fully saturated rings. The maximum atomic E-state index is 12.3. The predicted molar refractivity (Wildman–Crippen MR) is 94.4 cm³/mol. The van der Waals surface area contributed by atoms with Crippen molar-refractivity contribution in [2.24, 2.45) is 0 Å². The van der Waals surface area contributed by atoms with Gasteiger partial charge in [-0.2, -0.15) is 0 Å². The Morgan fingerprint density at radius 3 is 2.42 bits per heavy atom. The van der Waals surface area contributed by atoms with Crippen molar-refractivity contribution in [3.8, 4) is 5.75 Å². The van der Waals surface area contributed by atoms with Gasteiger partial charge >= 0.3 is 0 Å². The van der Waals surface area contributed by atoms with E-state index in [4.69, 9.17) is 4.74 Å². The quantitative estimate of drug-likeness (QED) is 0.886. The summed E-state index contributed by atoms with van der Waals surface area (Å²) in [5.74, 6) is 0.272. The zero-order valence-corrected chi connectivity index (χ0v) is 14.4. The van der Waals surface area contributed by atoms with Gasteiger partial charge < -0.3 is 15.4 Å². The molecule has 0 bridgehead atoms. The molecule has 0 saturated carbocycles. The lowest BCUT2D eigenvalue weighted by Crippen LogP contribution is -2.23. The van der Waals surface area contributed by atoms with Gasteiger partial charge in [0, 0.05) is 19.0 Å². The minimum absolute atomic E-state index is 0.130. The molecule has 0 aromatic heterocycles. The number of aryl methyl sites for hydroxylation is 2. The number of hydrogen-bond donors (Lipinski definition) is 2. The predicted octanol–water partition coefficient (Wildman–Crippen LogP) is 3.20. The molecule has 0 radical (unpaired) electrons. The molecule has 0 atom stereocenters. The Hall–Kier alpha value is -2.82. The molecule has 2 aromatic carbocycles. The van der Waals surface area contributed by atoms with Gasteiger partial charge in [-0.25, -0.2) is 0 Å². The van der Waals surface area contributed by atoms with Crippen molar-refractivity contribution in [1.82, 2.24) is 5.32 Å². The highest BCUT2D eigenvalue weighted by molar-refractivity contribution is 5.94. The first-order chi connectivity index (χ1) is 11.4. The molecule has 2 aromatic rings. The number of rotatable bonds is 5. The van der Waals surface area contributed by atoms with E-state index in [-0.39, 0.29) is 11.8 Å². The molecule has 0 aliphatic heterocycles. The van der Waals surface area contributed by atoms with Gasteiger partial charge in [0.1, 0.15) is 5.75 Å². The summed E-state index contributed by atoms with van der Waals surface area (Å²) >= 11 is 0. The van der Waals surface area contributed by atoms with Crippen LogP contribution in [0.25, 0.3) is 0 Å². The lowest BCUT2D eigenvalue weighted by atomic mass is 10.1. The minimum atomic E-state index is -0.176. The number of benzene rings is 2. The molecule has 2 N–H and O–H groups in total. The molecule has 0 unspecified atom stereocenters. The third-order valence-corrected chi connectivity index (χ3v) is 3.80. The topological polar surface area (TPSA) is 67.4 Å². The fourth-order valence-corrected chi connectivity index (χ4v) is 2.32. The Kier molecular flexibility index (Phi) is 5.58. The SMILES string of the molecule is COc1ccc(CNC(=O)c2ccc(C)c(C)c2)cc1NC(C)=O. The molecular formula is C19H22N2O3. The molecule has 0 saturated heterocycles. The number of methoxy groups -OCH3 is 1. The maximum absolute atomic E-state index is 12.3. The van der Waals surface area contributed by atoms with Crippen LogP contribution in [0.2, 0.25) is 0 Å². The van der Waals surface area contributed by atoms with E-state index >= 15 is 0 Å². The molecule has 2 amide bonds. The largest absolute Gasteiger partial charge is 0.495 e. The summed E-state index contributed by atoms with van der Waals surface area (Å²) in [4.78, 5) is 23.5. The molecule has 0 heterocycles. The van der Waals surface area contributed by atoms with Gasteiger partial charge in [-0.05, 0) is 54.8 Å². The van der Waals surface area contributed by atoms with Gasteiger partial charge in [-0.3, -0.25) is 9.59 Å². The van der Waals surface area contributed by atoms with Crippen LogP contribution in [0, 0.1) is 13.8 Å². The normalized spacial score (nSPS) is 10.2. The molecule has 24 heavy (non-hydrogen) atoms. The van der Waals surface area contributed by atoms with E-state index in [0.29, 0.717) is 23.5 Å². The molecule has 0 aliphatic carbocycles. The lowest BCUT2D eigenvalue weighted by molar-refractivity contribution is -0.114. The summed E-state index contributed by atoms with van der Waals surface area (Å²) in [5.41, 5.74) is 4.33. The Labute approximate surface area is 142 Å². The van der Waals surface area contributed by atoms with Crippen LogP contribution in [0.3, 0.4) is 0 Å². The number of hydrogen-bond acceptors (Lipinski definition) is 3. The molecule has 5 heteroatoms. The molecule has 0 aliphatic rings. The van der Waals surface area contributed by atoms with Crippen LogP contribution in [0.1, 0.15) is 34.0 Å². The zero-order chi connectivity index (χ0) is 17.7. The molecule has 2 rings (SSSR count). The summed E-state index contributed by atoms with van der Waals surface area (Å²) in [5, 5.41) is 5.61. The number of nitrogens with one attached hydrogen (secondary N) is 2. The van der Waals surface area contributed by atoms with E-state index in [1.165, 1.54) is 6.92 Å². The summed E-state index contributed by atoms with van der Waals surface area (Å²) in [6, 6.07) is 11.0. The second-order valence-corrected chi connectivity index (χ2v) is 5.70. The zero-order valence-electron chi connectivity index (χ0n) is 14.4. The number of carbonyl (C=O) groups is 2. The summed E-state index contributed by atoms with van der Waals surface area (Å²) in [6.45, 7) is 5.79. The first-order valence-corrected chi connectivity index (χ1v) is 7.70. The second kappa shape index (κ2) is 7.64. The van der Waals surface area contributed by atoms with Crippen LogP contribution in [0.4, 0.5) is 5.69 Å². The van der Waals surface area contributed by atoms with Crippen LogP contribution in [0.15, 0.2) is 36.4 Å². The molecule has 0 spiro atoms. The van der Waals surface area contributed by atoms with E-state index in [0.717, 1.165) is 16.7 Å². The van der Waals surface area contributed by atoms with Crippen molar-refractivity contribution in [2.45, 2.75) is 27.3 Å². The summed E-state index contributed by atoms with van der Waals surface area (Å²) < 4.78 is 5.22. The molecule has 126 valence electrons. The number of carbonyl (C=O) groups excluding carboxylic acids is 2. The van der Waals surface area contributed by atoms with Gasteiger partial charge in [-0.1, -0.05) is 12.1 Å². The van der Waals surface area contributed by atoms with Crippen molar-refractivity contribution >= 4 is 17.5 Å². The van der Waals surface area contributed by atoms with Crippen LogP contribution < -0.4 is 15.4 Å². The maximum Gasteiger partial charge on any atom is 0.251 e. The summed E-state index contributed by atoms with van der Waals surface area (Å²) in [6.07, 6.45) is 0. The summed E-state index contributed by atoms with van der Waals surface area (Å²) in [7, 11) is 1.54. The van der Waals surface area contributed by atoms with Crippen molar-refractivity contribution < 1.29 is 14.3 Å². The average molecular weight is 326 g/mol. The molecular weight excluding hydrogens is 304 g/mol. The average Bonchev–Trinajstić information content (AvgIpc) is 2.54. The van der Waals surface area contributed by atoms with Crippen LogP contribution in [0.5, 0.6) is 5.75 Å². The van der Waals surface area contributed by atoms with Crippen molar-refractivity contribution in [1.29, 1.82) is 0 Å². The van der Waals surface area contributed by atoms with Crippen molar-refractivity contribution in [3.05, 3.63) is 58.7 Å². The van der Waals surface area contributed by atoms with Crippen molar-refractivity contribution in [3.63, 3.8) is 0 Å². The van der Waals surface area contributed by atoms with Gasteiger partial charge in [0.25, 0.3) is 5.91 Å². The number of amides is 2. The van der Waals surface area contributed by atoms with E-state index in [2.05, 4.69) is 10.6 Å². The minimum Gasteiger partial charge on any atom is -0.495 e. The van der Waals surface area contributed by atoms with Crippen molar-refractivity contribution in [2.75, 3.05) is 12.4 Å². The van der Waals surface area contributed by atoms with Crippen LogP contribution in [-0.2, 0) is 11.3 Å². The Bertz CT molecular complexity index is 769. The first kappa shape index (κ1) is 17.5. The van der Waals surface area contributed by atoms with Gasteiger partial charge in [0.05, 0.1) is 12.8 Å². The van der Waals surface area contributed by atoms with E-state index in [9.17, 15) is 9.59 Å². The van der Waals surface area contributed by atoms with Crippen LogP contribution >= 0.6 is 0 Å².